The van der Waals surface area contributed by atoms with Crippen LogP contribution in [0.25, 0.3) is 0 Å². The van der Waals surface area contributed by atoms with Gasteiger partial charge in [0.2, 0.25) is 0 Å². The third-order valence-corrected chi connectivity index (χ3v) is 2.40. The second-order valence-corrected chi connectivity index (χ2v) is 3.55. The van der Waals surface area contributed by atoms with Crippen LogP contribution in [0, 0.1) is 11.3 Å². The SMILES string of the molecule is N#CC(c1c(Cl)cccc1Cl)C(F)(F)F. The maximum absolute atomic E-state index is 12.4. The van der Waals surface area contributed by atoms with Gasteiger partial charge in [-0.3, -0.25) is 0 Å². The lowest BCUT2D eigenvalue weighted by atomic mass is 10.00. The molecule has 80 valence electrons. The summed E-state index contributed by atoms with van der Waals surface area (Å²) in [6.07, 6.45) is -4.68. The zero-order valence-electron chi connectivity index (χ0n) is 7.15. The third kappa shape index (κ3) is 2.55. The van der Waals surface area contributed by atoms with Gasteiger partial charge in [0, 0.05) is 15.6 Å². The number of halogens is 5. The number of nitriles is 1. The first-order chi connectivity index (χ1) is 6.88. The molecule has 0 aliphatic heterocycles. The Morgan fingerprint density at radius 2 is 1.67 bits per heavy atom. The van der Waals surface area contributed by atoms with E-state index in [0.29, 0.717) is 0 Å². The summed E-state index contributed by atoms with van der Waals surface area (Å²) in [6.45, 7) is 0. The summed E-state index contributed by atoms with van der Waals surface area (Å²) < 4.78 is 37.3. The predicted molar refractivity (Wildman–Crippen MR) is 50.9 cm³/mol. The van der Waals surface area contributed by atoms with Crippen LogP contribution < -0.4 is 0 Å². The minimum atomic E-state index is -4.68. The fourth-order valence-corrected chi connectivity index (χ4v) is 1.70. The Morgan fingerprint density at radius 3 is 2.00 bits per heavy atom. The molecule has 1 nitrogen and oxygen atoms in total. The van der Waals surface area contributed by atoms with Crippen LogP contribution in [0.1, 0.15) is 11.5 Å². The van der Waals surface area contributed by atoms with Crippen LogP contribution in [0.2, 0.25) is 10.0 Å². The highest BCUT2D eigenvalue weighted by Crippen LogP contribution is 2.40. The van der Waals surface area contributed by atoms with Gasteiger partial charge in [-0.1, -0.05) is 29.3 Å². The number of benzene rings is 1. The molecule has 0 saturated carbocycles. The van der Waals surface area contributed by atoms with Crippen LogP contribution in [-0.2, 0) is 0 Å². The summed E-state index contributed by atoms with van der Waals surface area (Å²) in [6, 6.07) is 5.09. The number of alkyl halides is 3. The molecular weight excluding hydrogens is 250 g/mol. The van der Waals surface area contributed by atoms with Crippen molar-refractivity contribution in [3.63, 3.8) is 0 Å². The van der Waals surface area contributed by atoms with E-state index in [1.54, 1.807) is 0 Å². The molecule has 0 N–H and O–H groups in total. The summed E-state index contributed by atoms with van der Waals surface area (Å²) in [5, 5.41) is 8.16. The summed E-state index contributed by atoms with van der Waals surface area (Å²) in [7, 11) is 0. The van der Waals surface area contributed by atoms with Crippen molar-refractivity contribution in [3.8, 4) is 6.07 Å². The summed E-state index contributed by atoms with van der Waals surface area (Å²) in [5.41, 5.74) is -0.393. The Kier molecular flexibility index (Phi) is 3.48. The zero-order valence-corrected chi connectivity index (χ0v) is 8.66. The van der Waals surface area contributed by atoms with Gasteiger partial charge in [0.15, 0.2) is 5.92 Å². The molecule has 0 bridgehead atoms. The normalized spacial score (nSPS) is 13.3. The van der Waals surface area contributed by atoms with E-state index in [4.69, 9.17) is 28.5 Å². The number of rotatable bonds is 1. The van der Waals surface area contributed by atoms with Gasteiger partial charge >= 0.3 is 6.18 Å². The number of hydrogen-bond donors (Lipinski definition) is 0. The smallest absolute Gasteiger partial charge is 0.197 e. The van der Waals surface area contributed by atoms with Gasteiger partial charge in [-0.05, 0) is 12.1 Å². The van der Waals surface area contributed by atoms with E-state index in [1.807, 2.05) is 0 Å². The van der Waals surface area contributed by atoms with Crippen molar-refractivity contribution in [2.24, 2.45) is 0 Å². The van der Waals surface area contributed by atoms with Crippen molar-refractivity contribution in [2.45, 2.75) is 12.1 Å². The Hall–Kier alpha value is -0.920. The Morgan fingerprint density at radius 1 is 1.20 bits per heavy atom. The topological polar surface area (TPSA) is 23.8 Å². The molecule has 0 radical (unpaired) electrons. The van der Waals surface area contributed by atoms with Gasteiger partial charge in [0.25, 0.3) is 0 Å². The van der Waals surface area contributed by atoms with Crippen molar-refractivity contribution >= 4 is 23.2 Å². The van der Waals surface area contributed by atoms with Crippen molar-refractivity contribution in [2.75, 3.05) is 0 Å². The van der Waals surface area contributed by atoms with Crippen molar-refractivity contribution < 1.29 is 13.2 Å². The van der Waals surface area contributed by atoms with Gasteiger partial charge in [-0.2, -0.15) is 18.4 Å². The van der Waals surface area contributed by atoms with Crippen LogP contribution in [0.15, 0.2) is 18.2 Å². The van der Waals surface area contributed by atoms with Gasteiger partial charge in [-0.25, -0.2) is 0 Å². The monoisotopic (exact) mass is 253 g/mol. The molecule has 0 aromatic heterocycles. The van der Waals surface area contributed by atoms with E-state index >= 15 is 0 Å². The lowest BCUT2D eigenvalue weighted by molar-refractivity contribution is -0.137. The van der Waals surface area contributed by atoms with Crippen LogP contribution in [0.5, 0.6) is 0 Å². The number of hydrogen-bond acceptors (Lipinski definition) is 1. The fraction of sp³-hybridized carbons (Fsp3) is 0.222. The molecule has 1 rings (SSSR count). The molecule has 0 saturated heterocycles. The fourth-order valence-electron chi connectivity index (χ4n) is 1.09. The van der Waals surface area contributed by atoms with E-state index in [1.165, 1.54) is 18.2 Å². The molecule has 1 unspecified atom stereocenters. The molecule has 1 atom stereocenters. The Balaban J connectivity index is 3.32. The Bertz CT molecular complexity index is 389. The molecule has 6 heteroatoms. The highest BCUT2D eigenvalue weighted by atomic mass is 35.5. The average Bonchev–Trinajstić information content (AvgIpc) is 2.09. The minimum Gasteiger partial charge on any atom is -0.197 e. The third-order valence-electron chi connectivity index (χ3n) is 1.74. The van der Waals surface area contributed by atoms with Crippen molar-refractivity contribution in [1.29, 1.82) is 5.26 Å². The zero-order chi connectivity index (χ0) is 11.6. The first-order valence-electron chi connectivity index (χ1n) is 3.78. The summed E-state index contributed by atoms with van der Waals surface area (Å²) >= 11 is 11.1. The Labute approximate surface area is 94.0 Å². The lowest BCUT2D eigenvalue weighted by Gasteiger charge is -2.15. The largest absolute Gasteiger partial charge is 0.408 e. The summed E-state index contributed by atoms with van der Waals surface area (Å²) in [5.74, 6) is -2.29. The molecule has 0 spiro atoms. The predicted octanol–water partition coefficient (Wildman–Crippen LogP) is 4.16. The standard InChI is InChI=1S/C9H4Cl2F3N/c10-6-2-1-3-7(11)8(6)5(4-15)9(12,13)14/h1-3,5H. The van der Waals surface area contributed by atoms with Gasteiger partial charge in [0.1, 0.15) is 0 Å². The second-order valence-electron chi connectivity index (χ2n) is 2.74. The van der Waals surface area contributed by atoms with Crippen molar-refractivity contribution in [3.05, 3.63) is 33.8 Å². The lowest BCUT2D eigenvalue weighted by Crippen LogP contribution is -2.19. The molecule has 0 aliphatic carbocycles. The maximum atomic E-state index is 12.4. The second kappa shape index (κ2) is 4.30. The van der Waals surface area contributed by atoms with Crippen LogP contribution in [0.3, 0.4) is 0 Å². The molecule has 1 aromatic rings. The van der Waals surface area contributed by atoms with Crippen LogP contribution >= 0.6 is 23.2 Å². The maximum Gasteiger partial charge on any atom is 0.408 e. The van der Waals surface area contributed by atoms with E-state index in [9.17, 15) is 13.2 Å². The highest BCUT2D eigenvalue weighted by molar-refractivity contribution is 6.36. The van der Waals surface area contributed by atoms with Crippen LogP contribution in [0.4, 0.5) is 13.2 Å². The summed E-state index contributed by atoms with van der Waals surface area (Å²) in [4.78, 5) is 0. The number of nitrogens with zero attached hydrogens (tertiary/aromatic N) is 1. The minimum absolute atomic E-state index is 0.161. The highest BCUT2D eigenvalue weighted by Gasteiger charge is 2.43. The van der Waals surface area contributed by atoms with Gasteiger partial charge in [0.05, 0.1) is 6.07 Å². The molecule has 1 aromatic carbocycles. The van der Waals surface area contributed by atoms with Crippen LogP contribution in [-0.4, -0.2) is 6.18 Å². The van der Waals surface area contributed by atoms with E-state index in [2.05, 4.69) is 0 Å². The molecule has 15 heavy (non-hydrogen) atoms. The first-order valence-corrected chi connectivity index (χ1v) is 4.53. The average molecular weight is 254 g/mol. The van der Waals surface area contributed by atoms with E-state index in [-0.39, 0.29) is 10.0 Å². The van der Waals surface area contributed by atoms with Gasteiger partial charge < -0.3 is 0 Å². The molecule has 0 heterocycles. The molecule has 0 aliphatic rings. The van der Waals surface area contributed by atoms with Gasteiger partial charge in [-0.15, -0.1) is 0 Å². The molecular formula is C9H4Cl2F3N. The van der Waals surface area contributed by atoms with Crippen molar-refractivity contribution in [1.82, 2.24) is 0 Å². The molecule has 0 amide bonds. The van der Waals surface area contributed by atoms with E-state index < -0.39 is 17.7 Å². The molecule has 0 fully saturated rings. The van der Waals surface area contributed by atoms with E-state index in [0.717, 1.165) is 6.07 Å². The first kappa shape index (κ1) is 12.2. The quantitative estimate of drug-likeness (QED) is 0.737.